The first-order valence-corrected chi connectivity index (χ1v) is 7.81. The van der Waals surface area contributed by atoms with Gasteiger partial charge in [0.15, 0.2) is 0 Å². The zero-order valence-corrected chi connectivity index (χ0v) is 12.9. The van der Waals surface area contributed by atoms with Crippen molar-refractivity contribution in [1.82, 2.24) is 30.1 Å². The van der Waals surface area contributed by atoms with Crippen LogP contribution in [0.1, 0.15) is 25.0 Å². The average molecular weight is 316 g/mol. The summed E-state index contributed by atoms with van der Waals surface area (Å²) in [5, 5.41) is 10.9. The molecule has 1 unspecified atom stereocenters. The molecule has 122 valence electrons. The molecule has 2 aromatic heterocycles. The molecule has 1 atom stereocenters. The van der Waals surface area contributed by atoms with Gasteiger partial charge in [0.1, 0.15) is 6.33 Å². The fraction of sp³-hybridized carbons (Fsp3) is 0.533. The number of tetrazole rings is 1. The van der Waals surface area contributed by atoms with Gasteiger partial charge >= 0.3 is 0 Å². The topological polar surface area (TPSA) is 86.0 Å². The van der Waals surface area contributed by atoms with Crippen LogP contribution in [0.4, 0.5) is 0 Å². The number of pyridine rings is 1. The van der Waals surface area contributed by atoms with Gasteiger partial charge in [-0.05, 0) is 35.4 Å². The van der Waals surface area contributed by atoms with E-state index in [4.69, 9.17) is 4.74 Å². The molecule has 1 fully saturated rings. The van der Waals surface area contributed by atoms with E-state index in [9.17, 15) is 4.79 Å². The fourth-order valence-corrected chi connectivity index (χ4v) is 2.63. The van der Waals surface area contributed by atoms with E-state index in [1.54, 1.807) is 10.9 Å². The lowest BCUT2D eigenvalue weighted by atomic mass is 10.2. The molecule has 1 saturated heterocycles. The minimum absolute atomic E-state index is 0.0571. The summed E-state index contributed by atoms with van der Waals surface area (Å²) >= 11 is 0. The van der Waals surface area contributed by atoms with Gasteiger partial charge in [0.05, 0.1) is 24.9 Å². The molecule has 2 aromatic rings. The molecule has 8 heteroatoms. The zero-order chi connectivity index (χ0) is 15.9. The van der Waals surface area contributed by atoms with Gasteiger partial charge in [0, 0.05) is 25.8 Å². The minimum atomic E-state index is 0.0571. The lowest BCUT2D eigenvalue weighted by molar-refractivity contribution is -0.133. The molecular formula is C15H20N6O2. The van der Waals surface area contributed by atoms with Crippen molar-refractivity contribution in [3.8, 4) is 0 Å². The molecule has 3 rings (SSSR count). The molecule has 0 aromatic carbocycles. The van der Waals surface area contributed by atoms with Crippen LogP contribution in [0.5, 0.6) is 0 Å². The molecule has 0 N–H and O–H groups in total. The number of carbonyl (C=O) groups excluding carboxylic acids is 1. The SMILES string of the molecule is O=C(CCn1cnnn1)N(Cc1ccccn1)CC1CCCO1. The summed E-state index contributed by atoms with van der Waals surface area (Å²) < 4.78 is 7.23. The summed E-state index contributed by atoms with van der Waals surface area (Å²) in [7, 11) is 0. The third-order valence-corrected chi connectivity index (χ3v) is 3.83. The fourth-order valence-electron chi connectivity index (χ4n) is 2.63. The van der Waals surface area contributed by atoms with E-state index < -0.39 is 0 Å². The Morgan fingerprint density at radius 3 is 3.09 bits per heavy atom. The molecule has 1 aliphatic rings. The zero-order valence-electron chi connectivity index (χ0n) is 12.9. The van der Waals surface area contributed by atoms with Crippen LogP contribution in [0.15, 0.2) is 30.7 Å². The maximum absolute atomic E-state index is 12.6. The summed E-state index contributed by atoms with van der Waals surface area (Å²) in [5.41, 5.74) is 0.876. The molecule has 0 saturated carbocycles. The smallest absolute Gasteiger partial charge is 0.224 e. The largest absolute Gasteiger partial charge is 0.376 e. The van der Waals surface area contributed by atoms with Gasteiger partial charge in [-0.25, -0.2) is 4.68 Å². The van der Waals surface area contributed by atoms with Crippen molar-refractivity contribution in [2.45, 2.75) is 38.5 Å². The van der Waals surface area contributed by atoms with E-state index in [1.165, 1.54) is 6.33 Å². The number of carbonyl (C=O) groups is 1. The highest BCUT2D eigenvalue weighted by atomic mass is 16.5. The van der Waals surface area contributed by atoms with Gasteiger partial charge in [-0.2, -0.15) is 0 Å². The Balaban J connectivity index is 1.61. The van der Waals surface area contributed by atoms with Gasteiger partial charge in [-0.3, -0.25) is 9.78 Å². The van der Waals surface area contributed by atoms with Crippen LogP contribution in [0, 0.1) is 0 Å². The van der Waals surface area contributed by atoms with Crippen molar-refractivity contribution in [2.75, 3.05) is 13.2 Å². The summed E-state index contributed by atoms with van der Waals surface area (Å²) in [6.45, 7) is 2.34. The number of hydrogen-bond donors (Lipinski definition) is 0. The Kier molecular flexibility index (Phi) is 5.25. The van der Waals surface area contributed by atoms with Gasteiger partial charge < -0.3 is 9.64 Å². The second-order valence-corrected chi connectivity index (χ2v) is 5.55. The molecule has 0 bridgehead atoms. The van der Waals surface area contributed by atoms with E-state index in [2.05, 4.69) is 20.5 Å². The van der Waals surface area contributed by atoms with Crippen LogP contribution in [0.25, 0.3) is 0 Å². The molecule has 0 aliphatic carbocycles. The number of nitrogens with zero attached hydrogens (tertiary/aromatic N) is 6. The second-order valence-electron chi connectivity index (χ2n) is 5.55. The minimum Gasteiger partial charge on any atom is -0.376 e. The molecular weight excluding hydrogens is 296 g/mol. The van der Waals surface area contributed by atoms with Crippen molar-refractivity contribution in [2.24, 2.45) is 0 Å². The van der Waals surface area contributed by atoms with Crippen molar-refractivity contribution in [1.29, 1.82) is 0 Å². The van der Waals surface area contributed by atoms with Crippen LogP contribution >= 0.6 is 0 Å². The standard InChI is InChI=1S/C15H20N6O2/c22-15(6-8-21-12-17-18-19-21)20(11-14-5-3-9-23-14)10-13-4-1-2-7-16-13/h1-2,4,7,12,14H,3,5-6,8-11H2. The van der Waals surface area contributed by atoms with E-state index in [0.717, 1.165) is 25.1 Å². The third kappa shape index (κ3) is 4.56. The first-order valence-electron chi connectivity index (χ1n) is 7.81. The quantitative estimate of drug-likeness (QED) is 0.746. The Labute approximate surface area is 134 Å². The number of aryl methyl sites for hydroxylation is 1. The van der Waals surface area contributed by atoms with Crippen molar-refractivity contribution in [3.63, 3.8) is 0 Å². The molecule has 8 nitrogen and oxygen atoms in total. The summed E-state index contributed by atoms with van der Waals surface area (Å²) in [4.78, 5) is 18.7. The Morgan fingerprint density at radius 2 is 2.39 bits per heavy atom. The maximum Gasteiger partial charge on any atom is 0.224 e. The van der Waals surface area contributed by atoms with E-state index >= 15 is 0 Å². The Bertz CT molecular complexity index is 598. The van der Waals surface area contributed by atoms with E-state index in [0.29, 0.717) is 26.1 Å². The summed E-state index contributed by atoms with van der Waals surface area (Å²) in [6.07, 6.45) is 5.78. The number of hydrogen-bond acceptors (Lipinski definition) is 6. The van der Waals surface area contributed by atoms with Crippen LogP contribution in [0.2, 0.25) is 0 Å². The number of amides is 1. The first-order chi connectivity index (χ1) is 11.3. The van der Waals surface area contributed by atoms with Crippen LogP contribution < -0.4 is 0 Å². The number of ether oxygens (including phenoxy) is 1. The second kappa shape index (κ2) is 7.77. The number of rotatable bonds is 7. The normalized spacial score (nSPS) is 17.3. The van der Waals surface area contributed by atoms with Gasteiger partial charge in [0.25, 0.3) is 0 Å². The third-order valence-electron chi connectivity index (χ3n) is 3.83. The highest BCUT2D eigenvalue weighted by Crippen LogP contribution is 2.15. The first kappa shape index (κ1) is 15.5. The van der Waals surface area contributed by atoms with Crippen molar-refractivity contribution < 1.29 is 9.53 Å². The predicted octanol–water partition coefficient (Wildman–Crippen LogP) is 0.666. The lowest BCUT2D eigenvalue weighted by Crippen LogP contribution is -2.37. The average Bonchev–Trinajstić information content (AvgIpc) is 3.26. The lowest BCUT2D eigenvalue weighted by Gasteiger charge is -2.25. The molecule has 1 amide bonds. The highest BCUT2D eigenvalue weighted by Gasteiger charge is 2.23. The monoisotopic (exact) mass is 316 g/mol. The molecule has 0 spiro atoms. The molecule has 3 heterocycles. The van der Waals surface area contributed by atoms with Crippen LogP contribution in [0.3, 0.4) is 0 Å². The highest BCUT2D eigenvalue weighted by molar-refractivity contribution is 5.76. The Hall–Kier alpha value is -2.35. The molecule has 1 aliphatic heterocycles. The molecule has 0 radical (unpaired) electrons. The van der Waals surface area contributed by atoms with Crippen molar-refractivity contribution in [3.05, 3.63) is 36.4 Å². The number of aromatic nitrogens is 5. The van der Waals surface area contributed by atoms with Crippen molar-refractivity contribution >= 4 is 5.91 Å². The summed E-state index contributed by atoms with van der Waals surface area (Å²) in [5.74, 6) is 0.0571. The van der Waals surface area contributed by atoms with Gasteiger partial charge in [0.2, 0.25) is 5.91 Å². The Morgan fingerprint density at radius 1 is 1.43 bits per heavy atom. The summed E-state index contributed by atoms with van der Waals surface area (Å²) in [6, 6.07) is 5.72. The van der Waals surface area contributed by atoms with Crippen LogP contribution in [-0.2, 0) is 22.6 Å². The van der Waals surface area contributed by atoms with Gasteiger partial charge in [-0.1, -0.05) is 6.07 Å². The van der Waals surface area contributed by atoms with Crippen LogP contribution in [-0.4, -0.2) is 55.3 Å². The predicted molar refractivity (Wildman–Crippen MR) is 81.1 cm³/mol. The molecule has 23 heavy (non-hydrogen) atoms. The van der Waals surface area contributed by atoms with Gasteiger partial charge in [-0.15, -0.1) is 5.10 Å². The van der Waals surface area contributed by atoms with E-state index in [1.807, 2.05) is 23.1 Å². The maximum atomic E-state index is 12.6. The van der Waals surface area contributed by atoms with E-state index in [-0.39, 0.29) is 12.0 Å².